The molecule has 0 saturated carbocycles. The van der Waals surface area contributed by atoms with Crippen LogP contribution in [0.3, 0.4) is 0 Å². The minimum absolute atomic E-state index is 0.185. The van der Waals surface area contributed by atoms with Crippen molar-refractivity contribution in [2.45, 2.75) is 39.3 Å². The summed E-state index contributed by atoms with van der Waals surface area (Å²) in [6, 6.07) is -0.402. The molecule has 84 valence electrons. The quantitative estimate of drug-likeness (QED) is 0.681. The Morgan fingerprint density at radius 2 is 2.20 bits per heavy atom. The lowest BCUT2D eigenvalue weighted by molar-refractivity contribution is 0.228. The standard InChI is InChI=1S/C9H17N5O/c1-6(7-10-5-11-14-7)12-8(15)13-9(2,3)4/h5-6H,1-4H3,(H,10,11,14)(H2,12,13,15). The van der Waals surface area contributed by atoms with Crippen LogP contribution in [0.25, 0.3) is 0 Å². The van der Waals surface area contributed by atoms with E-state index in [9.17, 15) is 4.79 Å². The molecule has 1 aromatic heterocycles. The number of urea groups is 1. The van der Waals surface area contributed by atoms with E-state index in [1.165, 1.54) is 6.33 Å². The van der Waals surface area contributed by atoms with Crippen molar-refractivity contribution < 1.29 is 4.79 Å². The highest BCUT2D eigenvalue weighted by Gasteiger charge is 2.16. The largest absolute Gasteiger partial charge is 0.334 e. The summed E-state index contributed by atoms with van der Waals surface area (Å²) in [7, 11) is 0. The number of nitrogens with zero attached hydrogens (tertiary/aromatic N) is 2. The van der Waals surface area contributed by atoms with E-state index in [0.29, 0.717) is 5.82 Å². The first-order chi connectivity index (χ1) is 6.88. The maximum absolute atomic E-state index is 11.5. The molecule has 6 heteroatoms. The molecule has 3 N–H and O–H groups in total. The Balaban J connectivity index is 2.45. The van der Waals surface area contributed by atoms with Crippen LogP contribution in [-0.2, 0) is 0 Å². The normalized spacial score (nSPS) is 13.3. The van der Waals surface area contributed by atoms with E-state index in [1.54, 1.807) is 0 Å². The van der Waals surface area contributed by atoms with Crippen LogP contribution in [0.1, 0.15) is 39.6 Å². The van der Waals surface area contributed by atoms with Crippen molar-refractivity contribution in [1.29, 1.82) is 0 Å². The monoisotopic (exact) mass is 211 g/mol. The fourth-order valence-corrected chi connectivity index (χ4v) is 1.07. The van der Waals surface area contributed by atoms with Gasteiger partial charge in [0.05, 0.1) is 6.04 Å². The number of rotatable bonds is 2. The van der Waals surface area contributed by atoms with E-state index < -0.39 is 0 Å². The number of carbonyl (C=O) groups is 1. The molecule has 0 aliphatic carbocycles. The number of carbonyl (C=O) groups excluding carboxylic acids is 1. The van der Waals surface area contributed by atoms with E-state index in [4.69, 9.17) is 0 Å². The Morgan fingerprint density at radius 3 is 2.67 bits per heavy atom. The lowest BCUT2D eigenvalue weighted by atomic mass is 10.1. The summed E-state index contributed by atoms with van der Waals surface area (Å²) in [6.07, 6.45) is 1.41. The first-order valence-corrected chi connectivity index (χ1v) is 4.82. The van der Waals surface area contributed by atoms with Crippen molar-refractivity contribution in [3.05, 3.63) is 12.2 Å². The highest BCUT2D eigenvalue weighted by Crippen LogP contribution is 2.04. The summed E-state index contributed by atoms with van der Waals surface area (Å²) in [5, 5.41) is 12.0. The van der Waals surface area contributed by atoms with Crippen LogP contribution in [0.5, 0.6) is 0 Å². The Bertz CT molecular complexity index is 314. The van der Waals surface area contributed by atoms with Gasteiger partial charge in [-0.1, -0.05) is 0 Å². The number of aromatic amines is 1. The number of hydrogen-bond donors (Lipinski definition) is 3. The van der Waals surface area contributed by atoms with Crippen molar-refractivity contribution in [2.24, 2.45) is 0 Å². The lowest BCUT2D eigenvalue weighted by Gasteiger charge is -2.22. The molecule has 0 aliphatic heterocycles. The van der Waals surface area contributed by atoms with E-state index in [1.807, 2.05) is 27.7 Å². The van der Waals surface area contributed by atoms with Gasteiger partial charge >= 0.3 is 6.03 Å². The minimum atomic E-state index is -0.245. The smallest absolute Gasteiger partial charge is 0.315 e. The molecule has 1 aromatic rings. The molecule has 6 nitrogen and oxygen atoms in total. The van der Waals surface area contributed by atoms with Gasteiger partial charge in [0.1, 0.15) is 12.2 Å². The summed E-state index contributed by atoms with van der Waals surface area (Å²) in [4.78, 5) is 15.4. The van der Waals surface area contributed by atoms with Crippen molar-refractivity contribution >= 4 is 6.03 Å². The zero-order chi connectivity index (χ0) is 11.5. The highest BCUT2D eigenvalue weighted by molar-refractivity contribution is 5.74. The van der Waals surface area contributed by atoms with Crippen LogP contribution in [0.4, 0.5) is 4.79 Å². The average molecular weight is 211 g/mol. The molecule has 1 atom stereocenters. The minimum Gasteiger partial charge on any atom is -0.334 e. The average Bonchev–Trinajstić information content (AvgIpc) is 2.50. The summed E-state index contributed by atoms with van der Waals surface area (Å²) < 4.78 is 0. The van der Waals surface area contributed by atoms with Crippen LogP contribution in [-0.4, -0.2) is 26.8 Å². The second kappa shape index (κ2) is 4.29. The van der Waals surface area contributed by atoms with E-state index in [2.05, 4.69) is 25.8 Å². The Labute approximate surface area is 88.9 Å². The first kappa shape index (κ1) is 11.5. The predicted molar refractivity (Wildman–Crippen MR) is 56.2 cm³/mol. The summed E-state index contributed by atoms with van der Waals surface area (Å²) in [6.45, 7) is 7.60. The maximum Gasteiger partial charge on any atom is 0.315 e. The third-order valence-electron chi connectivity index (χ3n) is 1.68. The maximum atomic E-state index is 11.5. The van der Waals surface area contributed by atoms with Crippen LogP contribution in [0.15, 0.2) is 6.33 Å². The molecular formula is C9H17N5O. The molecule has 1 rings (SSSR count). The molecule has 0 bridgehead atoms. The van der Waals surface area contributed by atoms with Gasteiger partial charge in [0.2, 0.25) is 0 Å². The summed E-state index contributed by atoms with van der Waals surface area (Å²) >= 11 is 0. The number of aromatic nitrogens is 3. The molecule has 0 aliphatic rings. The highest BCUT2D eigenvalue weighted by atomic mass is 16.2. The second-order valence-electron chi connectivity index (χ2n) is 4.44. The number of H-pyrrole nitrogens is 1. The Kier molecular flexibility index (Phi) is 3.28. The lowest BCUT2D eigenvalue weighted by Crippen LogP contribution is -2.47. The van der Waals surface area contributed by atoms with Gasteiger partial charge in [0, 0.05) is 5.54 Å². The van der Waals surface area contributed by atoms with Gasteiger partial charge in [-0.25, -0.2) is 9.78 Å². The number of nitrogens with one attached hydrogen (secondary N) is 3. The number of hydrogen-bond acceptors (Lipinski definition) is 3. The second-order valence-corrected chi connectivity index (χ2v) is 4.44. The van der Waals surface area contributed by atoms with Gasteiger partial charge in [-0.05, 0) is 27.7 Å². The topological polar surface area (TPSA) is 82.7 Å². The fraction of sp³-hybridized carbons (Fsp3) is 0.667. The molecule has 0 spiro atoms. The molecule has 1 heterocycles. The van der Waals surface area contributed by atoms with E-state index in [-0.39, 0.29) is 17.6 Å². The molecule has 0 fully saturated rings. The predicted octanol–water partition coefficient (Wildman–Crippen LogP) is 0.963. The van der Waals surface area contributed by atoms with Crippen LogP contribution in [0.2, 0.25) is 0 Å². The van der Waals surface area contributed by atoms with Gasteiger partial charge in [0.15, 0.2) is 0 Å². The van der Waals surface area contributed by atoms with Crippen LogP contribution in [0, 0.1) is 0 Å². The number of amides is 2. The zero-order valence-electron chi connectivity index (χ0n) is 9.46. The zero-order valence-corrected chi connectivity index (χ0v) is 9.46. The molecule has 1 unspecified atom stereocenters. The van der Waals surface area contributed by atoms with Crippen molar-refractivity contribution in [3.8, 4) is 0 Å². The molecule has 2 amide bonds. The third kappa shape index (κ3) is 3.97. The first-order valence-electron chi connectivity index (χ1n) is 4.82. The van der Waals surface area contributed by atoms with E-state index in [0.717, 1.165) is 0 Å². The summed E-state index contributed by atoms with van der Waals surface area (Å²) in [5.74, 6) is 0.638. The van der Waals surface area contributed by atoms with Gasteiger partial charge in [-0.15, -0.1) is 0 Å². The molecule has 0 saturated heterocycles. The Morgan fingerprint density at radius 1 is 1.53 bits per heavy atom. The van der Waals surface area contributed by atoms with Crippen molar-refractivity contribution in [3.63, 3.8) is 0 Å². The molecule has 0 radical (unpaired) electrons. The molecule has 15 heavy (non-hydrogen) atoms. The Hall–Kier alpha value is -1.59. The van der Waals surface area contributed by atoms with E-state index >= 15 is 0 Å². The van der Waals surface area contributed by atoms with Crippen molar-refractivity contribution in [1.82, 2.24) is 25.8 Å². The van der Waals surface area contributed by atoms with Crippen LogP contribution >= 0.6 is 0 Å². The van der Waals surface area contributed by atoms with Crippen LogP contribution < -0.4 is 10.6 Å². The van der Waals surface area contributed by atoms with Crippen molar-refractivity contribution in [2.75, 3.05) is 0 Å². The fourth-order valence-electron chi connectivity index (χ4n) is 1.07. The summed E-state index contributed by atoms with van der Waals surface area (Å²) in [5.41, 5.74) is -0.245. The van der Waals surface area contributed by atoms with Gasteiger partial charge in [0.25, 0.3) is 0 Å². The SMILES string of the molecule is CC(NC(=O)NC(C)(C)C)c1ncn[nH]1. The molecule has 0 aromatic carbocycles. The van der Waals surface area contributed by atoms with Gasteiger partial charge in [-0.3, -0.25) is 5.10 Å². The van der Waals surface area contributed by atoms with Gasteiger partial charge in [-0.2, -0.15) is 5.10 Å². The molecular weight excluding hydrogens is 194 g/mol. The van der Waals surface area contributed by atoms with Gasteiger partial charge < -0.3 is 10.6 Å². The third-order valence-corrected chi connectivity index (χ3v) is 1.68.